The molecule has 0 spiro atoms. The van der Waals surface area contributed by atoms with E-state index >= 15 is 0 Å². The van der Waals surface area contributed by atoms with Crippen molar-refractivity contribution in [1.82, 2.24) is 14.9 Å². The predicted molar refractivity (Wildman–Crippen MR) is 96.6 cm³/mol. The van der Waals surface area contributed by atoms with Crippen molar-refractivity contribution in [3.63, 3.8) is 0 Å². The SMILES string of the molecule is O=C(c1cc(Nc2ccc(F)cc2F)ncn1)N1CCc2ccccc2C1. The molecule has 1 aliphatic rings. The molecule has 1 N–H and O–H groups in total. The van der Waals surface area contributed by atoms with Gasteiger partial charge in [-0.15, -0.1) is 0 Å². The van der Waals surface area contributed by atoms with Crippen LogP contribution in [-0.2, 0) is 13.0 Å². The number of nitrogens with one attached hydrogen (secondary N) is 1. The molecule has 1 aromatic heterocycles. The first-order chi connectivity index (χ1) is 13.1. The molecular formula is C20H16F2N4O. The highest BCUT2D eigenvalue weighted by molar-refractivity contribution is 5.93. The summed E-state index contributed by atoms with van der Waals surface area (Å²) in [5.74, 6) is -1.36. The molecule has 0 atom stereocenters. The summed E-state index contributed by atoms with van der Waals surface area (Å²) in [7, 11) is 0. The van der Waals surface area contributed by atoms with E-state index in [9.17, 15) is 13.6 Å². The van der Waals surface area contributed by atoms with E-state index in [2.05, 4.69) is 21.4 Å². The number of carbonyl (C=O) groups excluding carboxylic acids is 1. The van der Waals surface area contributed by atoms with Crippen molar-refractivity contribution in [2.45, 2.75) is 13.0 Å². The third-order valence-corrected chi connectivity index (χ3v) is 4.50. The topological polar surface area (TPSA) is 58.1 Å². The van der Waals surface area contributed by atoms with Crippen molar-refractivity contribution in [2.24, 2.45) is 0 Å². The maximum Gasteiger partial charge on any atom is 0.272 e. The van der Waals surface area contributed by atoms with Gasteiger partial charge in [0.25, 0.3) is 5.91 Å². The monoisotopic (exact) mass is 366 g/mol. The molecule has 136 valence electrons. The second-order valence-corrected chi connectivity index (χ2v) is 6.28. The molecule has 0 saturated carbocycles. The van der Waals surface area contributed by atoms with E-state index in [1.165, 1.54) is 24.0 Å². The molecule has 5 nitrogen and oxygen atoms in total. The quantitative estimate of drug-likeness (QED) is 0.768. The first-order valence-electron chi connectivity index (χ1n) is 8.50. The number of nitrogens with zero attached hydrogens (tertiary/aromatic N) is 3. The third-order valence-electron chi connectivity index (χ3n) is 4.50. The van der Waals surface area contributed by atoms with Crippen LogP contribution in [0.1, 0.15) is 21.6 Å². The molecule has 0 saturated heterocycles. The standard InChI is InChI=1S/C20H16F2N4O/c21-15-5-6-17(16(22)9-15)25-19-10-18(23-12-24-19)20(27)26-8-7-13-3-1-2-4-14(13)11-26/h1-6,9-10,12H,7-8,11H2,(H,23,24,25). The summed E-state index contributed by atoms with van der Waals surface area (Å²) in [6.07, 6.45) is 2.04. The number of amides is 1. The number of carbonyl (C=O) groups is 1. The number of aromatic nitrogens is 2. The number of benzene rings is 2. The van der Waals surface area contributed by atoms with E-state index in [1.807, 2.05) is 18.2 Å². The summed E-state index contributed by atoms with van der Waals surface area (Å²) in [5.41, 5.74) is 2.66. The number of hydrogen-bond donors (Lipinski definition) is 1. The molecule has 4 rings (SSSR count). The summed E-state index contributed by atoms with van der Waals surface area (Å²) >= 11 is 0. The Morgan fingerprint density at radius 1 is 1.04 bits per heavy atom. The summed E-state index contributed by atoms with van der Waals surface area (Å²) in [6, 6.07) is 12.7. The minimum Gasteiger partial charge on any atom is -0.338 e. The van der Waals surface area contributed by atoms with Crippen LogP contribution >= 0.6 is 0 Å². The van der Waals surface area contributed by atoms with E-state index < -0.39 is 11.6 Å². The zero-order valence-corrected chi connectivity index (χ0v) is 14.3. The van der Waals surface area contributed by atoms with Gasteiger partial charge in [0.15, 0.2) is 0 Å². The average Bonchev–Trinajstić information content (AvgIpc) is 2.69. The van der Waals surface area contributed by atoms with Gasteiger partial charge < -0.3 is 10.2 Å². The van der Waals surface area contributed by atoms with Gasteiger partial charge in [-0.3, -0.25) is 4.79 Å². The Morgan fingerprint density at radius 2 is 1.85 bits per heavy atom. The van der Waals surface area contributed by atoms with Gasteiger partial charge in [-0.2, -0.15) is 0 Å². The van der Waals surface area contributed by atoms with Gasteiger partial charge in [0.1, 0.15) is 29.5 Å². The molecule has 2 heterocycles. The number of fused-ring (bicyclic) bond motifs is 1. The molecular weight excluding hydrogens is 350 g/mol. The fourth-order valence-electron chi connectivity index (χ4n) is 3.10. The van der Waals surface area contributed by atoms with Gasteiger partial charge in [-0.25, -0.2) is 18.7 Å². The van der Waals surface area contributed by atoms with Crippen molar-refractivity contribution in [3.8, 4) is 0 Å². The van der Waals surface area contributed by atoms with E-state index in [4.69, 9.17) is 0 Å². The summed E-state index contributed by atoms with van der Waals surface area (Å²) in [5, 5.41) is 2.75. The molecule has 0 aliphatic carbocycles. The number of anilines is 2. The lowest BCUT2D eigenvalue weighted by atomic mass is 10.00. The Kier molecular flexibility index (Phi) is 4.50. The van der Waals surface area contributed by atoms with Gasteiger partial charge >= 0.3 is 0 Å². The number of hydrogen-bond acceptors (Lipinski definition) is 4. The lowest BCUT2D eigenvalue weighted by molar-refractivity contribution is 0.0728. The molecule has 27 heavy (non-hydrogen) atoms. The first kappa shape index (κ1) is 17.1. The molecule has 1 aliphatic heterocycles. The molecule has 0 bridgehead atoms. The van der Waals surface area contributed by atoms with Gasteiger partial charge in [-0.1, -0.05) is 24.3 Å². The maximum atomic E-state index is 13.8. The van der Waals surface area contributed by atoms with Crippen LogP contribution in [0.2, 0.25) is 0 Å². The van der Waals surface area contributed by atoms with Crippen molar-refractivity contribution < 1.29 is 13.6 Å². The Morgan fingerprint density at radius 3 is 2.67 bits per heavy atom. The van der Waals surface area contributed by atoms with Crippen molar-refractivity contribution >= 4 is 17.4 Å². The molecule has 0 unspecified atom stereocenters. The highest BCUT2D eigenvalue weighted by Crippen LogP contribution is 2.22. The van der Waals surface area contributed by atoms with E-state index in [0.717, 1.165) is 24.1 Å². The van der Waals surface area contributed by atoms with Gasteiger partial charge in [0, 0.05) is 25.2 Å². The Labute approximate surface area is 154 Å². The molecule has 3 aromatic rings. The largest absolute Gasteiger partial charge is 0.338 e. The Balaban J connectivity index is 1.53. The van der Waals surface area contributed by atoms with Crippen LogP contribution < -0.4 is 5.32 Å². The van der Waals surface area contributed by atoms with Crippen LogP contribution in [0.15, 0.2) is 54.9 Å². The normalized spacial score (nSPS) is 13.2. The van der Waals surface area contributed by atoms with E-state index in [-0.39, 0.29) is 23.1 Å². The highest BCUT2D eigenvalue weighted by Gasteiger charge is 2.22. The Hall–Kier alpha value is -3.35. The van der Waals surface area contributed by atoms with Gasteiger partial charge in [0.05, 0.1) is 5.69 Å². The zero-order valence-electron chi connectivity index (χ0n) is 14.3. The second-order valence-electron chi connectivity index (χ2n) is 6.28. The fraction of sp³-hybridized carbons (Fsp3) is 0.150. The van der Waals surface area contributed by atoms with Crippen molar-refractivity contribution in [3.05, 3.63) is 83.3 Å². The first-order valence-corrected chi connectivity index (χ1v) is 8.50. The van der Waals surface area contributed by atoms with E-state index in [1.54, 1.807) is 4.90 Å². The maximum absolute atomic E-state index is 13.8. The summed E-state index contributed by atoms with van der Waals surface area (Å²) in [6.45, 7) is 1.13. The van der Waals surface area contributed by atoms with E-state index in [0.29, 0.717) is 13.1 Å². The van der Waals surface area contributed by atoms with Crippen molar-refractivity contribution in [1.29, 1.82) is 0 Å². The molecule has 0 fully saturated rings. The fourth-order valence-corrected chi connectivity index (χ4v) is 3.10. The van der Waals surface area contributed by atoms with Crippen LogP contribution in [0.5, 0.6) is 0 Å². The minimum atomic E-state index is -0.742. The number of halogens is 2. The predicted octanol–water partition coefficient (Wildman–Crippen LogP) is 3.70. The lowest BCUT2D eigenvalue weighted by Gasteiger charge is -2.28. The molecule has 2 aromatic carbocycles. The highest BCUT2D eigenvalue weighted by atomic mass is 19.1. The molecule has 1 amide bonds. The second kappa shape index (κ2) is 7.11. The number of rotatable bonds is 3. The van der Waals surface area contributed by atoms with Gasteiger partial charge in [-0.05, 0) is 29.7 Å². The molecule has 7 heteroatoms. The smallest absolute Gasteiger partial charge is 0.272 e. The summed E-state index contributed by atoms with van der Waals surface area (Å²) in [4.78, 5) is 22.6. The van der Waals surface area contributed by atoms with Crippen LogP contribution in [-0.4, -0.2) is 27.3 Å². The van der Waals surface area contributed by atoms with Crippen LogP contribution in [0.4, 0.5) is 20.3 Å². The zero-order chi connectivity index (χ0) is 18.8. The minimum absolute atomic E-state index is 0.0698. The molecule has 0 radical (unpaired) electrons. The van der Waals surface area contributed by atoms with Crippen molar-refractivity contribution in [2.75, 3.05) is 11.9 Å². The Bertz CT molecular complexity index is 1010. The van der Waals surface area contributed by atoms with Crippen LogP contribution in [0, 0.1) is 11.6 Å². The average molecular weight is 366 g/mol. The van der Waals surface area contributed by atoms with Gasteiger partial charge in [0.2, 0.25) is 0 Å². The summed E-state index contributed by atoms with van der Waals surface area (Å²) < 4.78 is 26.8. The van der Waals surface area contributed by atoms with Crippen LogP contribution in [0.3, 0.4) is 0 Å². The lowest BCUT2D eigenvalue weighted by Crippen LogP contribution is -2.36. The third kappa shape index (κ3) is 3.62. The van der Waals surface area contributed by atoms with Crippen LogP contribution in [0.25, 0.3) is 0 Å².